The van der Waals surface area contributed by atoms with E-state index in [1.54, 1.807) is 18.2 Å². The largest absolute Gasteiger partial charge is 0.454 e. The first-order valence-corrected chi connectivity index (χ1v) is 10.1. The molecule has 0 aliphatic heterocycles. The topological polar surface area (TPSA) is 43.4 Å². The maximum Gasteiger partial charge on any atom is 0.338 e. The summed E-state index contributed by atoms with van der Waals surface area (Å²) in [6.45, 7) is 12.5. The number of carbonyl (C=O) groups is 2. The number of hydrogen-bond acceptors (Lipinski definition) is 3. The van der Waals surface area contributed by atoms with Gasteiger partial charge in [-0.25, -0.2) is 4.79 Å². The van der Waals surface area contributed by atoms with Gasteiger partial charge in [-0.15, -0.1) is 0 Å². The highest BCUT2D eigenvalue weighted by Crippen LogP contribution is 2.31. The summed E-state index contributed by atoms with van der Waals surface area (Å²) in [7, 11) is 0. The Labute approximate surface area is 169 Å². The van der Waals surface area contributed by atoms with Gasteiger partial charge in [-0.05, 0) is 66.8 Å². The monoisotopic (exact) mass is 380 g/mol. The van der Waals surface area contributed by atoms with Crippen LogP contribution in [0, 0.1) is 25.7 Å². The first-order valence-electron chi connectivity index (χ1n) is 10.1. The lowest BCUT2D eigenvalue weighted by Gasteiger charge is -2.23. The van der Waals surface area contributed by atoms with Crippen molar-refractivity contribution in [2.24, 2.45) is 11.8 Å². The van der Waals surface area contributed by atoms with E-state index >= 15 is 0 Å². The van der Waals surface area contributed by atoms with E-state index in [2.05, 4.69) is 27.7 Å². The molecular formula is C25H32O3. The molecule has 150 valence electrons. The highest BCUT2D eigenvalue weighted by molar-refractivity contribution is 6.00. The predicted molar refractivity (Wildman–Crippen MR) is 114 cm³/mol. The molecule has 0 aromatic heterocycles. The standard InChI is InChI=1S/C25H32O3/c1-16(2)14-23(17(3)4)20-10-12-21(13-11-20)25(27)28-15-24(26)22-9-7-8-18(5)19(22)6/h7-13,16-17,23H,14-15H2,1-6H3. The SMILES string of the molecule is Cc1cccc(C(=O)COC(=O)c2ccc(C(CC(C)C)C(C)C)cc2)c1C. The fourth-order valence-corrected chi connectivity index (χ4v) is 3.51. The van der Waals surface area contributed by atoms with E-state index in [1.807, 2.05) is 38.1 Å². The van der Waals surface area contributed by atoms with Crippen molar-refractivity contribution >= 4 is 11.8 Å². The average Bonchev–Trinajstić information content (AvgIpc) is 2.66. The van der Waals surface area contributed by atoms with E-state index in [4.69, 9.17) is 4.74 Å². The molecule has 0 saturated carbocycles. The van der Waals surface area contributed by atoms with E-state index in [0.717, 1.165) is 17.5 Å². The minimum atomic E-state index is -0.463. The predicted octanol–water partition coefficient (Wildman–Crippen LogP) is 6.13. The Bertz CT molecular complexity index is 816. The van der Waals surface area contributed by atoms with Gasteiger partial charge in [0.05, 0.1) is 5.56 Å². The van der Waals surface area contributed by atoms with Crippen molar-refractivity contribution in [2.75, 3.05) is 6.61 Å². The highest BCUT2D eigenvalue weighted by atomic mass is 16.5. The summed E-state index contributed by atoms with van der Waals surface area (Å²) in [6.07, 6.45) is 1.12. The summed E-state index contributed by atoms with van der Waals surface area (Å²) in [5, 5.41) is 0. The lowest BCUT2D eigenvalue weighted by atomic mass is 9.82. The summed E-state index contributed by atoms with van der Waals surface area (Å²) >= 11 is 0. The molecule has 2 rings (SSSR count). The van der Waals surface area contributed by atoms with E-state index < -0.39 is 5.97 Å². The number of rotatable bonds is 8. The van der Waals surface area contributed by atoms with Gasteiger partial charge in [-0.2, -0.15) is 0 Å². The lowest BCUT2D eigenvalue weighted by Crippen LogP contribution is -2.16. The second-order valence-electron chi connectivity index (χ2n) is 8.35. The summed E-state index contributed by atoms with van der Waals surface area (Å²) in [4.78, 5) is 24.7. The molecule has 0 heterocycles. The van der Waals surface area contributed by atoms with Crippen LogP contribution in [0.4, 0.5) is 0 Å². The van der Waals surface area contributed by atoms with E-state index in [0.29, 0.717) is 28.9 Å². The zero-order chi connectivity index (χ0) is 20.8. The summed E-state index contributed by atoms with van der Waals surface area (Å²) in [5.74, 6) is 0.984. The third-order valence-corrected chi connectivity index (χ3v) is 5.34. The molecule has 28 heavy (non-hydrogen) atoms. The van der Waals surface area contributed by atoms with Crippen LogP contribution in [0.2, 0.25) is 0 Å². The van der Waals surface area contributed by atoms with Gasteiger partial charge >= 0.3 is 5.97 Å². The highest BCUT2D eigenvalue weighted by Gasteiger charge is 2.19. The molecule has 3 nitrogen and oxygen atoms in total. The van der Waals surface area contributed by atoms with Gasteiger partial charge < -0.3 is 4.74 Å². The van der Waals surface area contributed by atoms with E-state index in [1.165, 1.54) is 5.56 Å². The van der Waals surface area contributed by atoms with E-state index in [-0.39, 0.29) is 12.4 Å². The fraction of sp³-hybridized carbons (Fsp3) is 0.440. The van der Waals surface area contributed by atoms with Gasteiger partial charge in [0.25, 0.3) is 0 Å². The maximum atomic E-state index is 12.4. The van der Waals surface area contributed by atoms with Gasteiger partial charge in [0.2, 0.25) is 5.78 Å². The molecule has 0 radical (unpaired) electrons. The van der Waals surface area contributed by atoms with Crippen LogP contribution < -0.4 is 0 Å². The zero-order valence-electron chi connectivity index (χ0n) is 17.9. The molecule has 3 heteroatoms. The molecular weight excluding hydrogens is 348 g/mol. The Hall–Kier alpha value is -2.42. The van der Waals surface area contributed by atoms with Crippen molar-refractivity contribution in [3.63, 3.8) is 0 Å². The van der Waals surface area contributed by atoms with Crippen LogP contribution in [0.3, 0.4) is 0 Å². The Morgan fingerprint density at radius 2 is 1.57 bits per heavy atom. The normalized spacial score (nSPS) is 12.3. The van der Waals surface area contributed by atoms with Crippen molar-refractivity contribution < 1.29 is 14.3 Å². The molecule has 0 amide bonds. The second-order valence-corrected chi connectivity index (χ2v) is 8.35. The molecule has 1 atom stereocenters. The molecule has 0 bridgehead atoms. The molecule has 1 unspecified atom stereocenters. The summed E-state index contributed by atoms with van der Waals surface area (Å²) in [5.41, 5.74) is 4.31. The molecule has 2 aromatic rings. The molecule has 0 spiro atoms. The van der Waals surface area contributed by atoms with Gasteiger partial charge in [-0.1, -0.05) is 58.0 Å². The summed E-state index contributed by atoms with van der Waals surface area (Å²) < 4.78 is 5.26. The smallest absolute Gasteiger partial charge is 0.338 e. The molecule has 0 aliphatic rings. The van der Waals surface area contributed by atoms with Crippen LogP contribution in [-0.4, -0.2) is 18.4 Å². The van der Waals surface area contributed by atoms with Crippen molar-refractivity contribution in [2.45, 2.75) is 53.9 Å². The zero-order valence-corrected chi connectivity index (χ0v) is 17.9. The van der Waals surface area contributed by atoms with Crippen LogP contribution in [0.1, 0.15) is 77.4 Å². The van der Waals surface area contributed by atoms with Crippen LogP contribution in [0.5, 0.6) is 0 Å². The van der Waals surface area contributed by atoms with Crippen molar-refractivity contribution in [1.29, 1.82) is 0 Å². The molecule has 0 saturated heterocycles. The molecule has 0 aliphatic carbocycles. The number of carbonyl (C=O) groups excluding carboxylic acids is 2. The van der Waals surface area contributed by atoms with Gasteiger partial charge in [0, 0.05) is 5.56 Å². The molecule has 0 N–H and O–H groups in total. The minimum Gasteiger partial charge on any atom is -0.454 e. The second kappa shape index (κ2) is 9.68. The van der Waals surface area contributed by atoms with Crippen molar-refractivity contribution in [1.82, 2.24) is 0 Å². The minimum absolute atomic E-state index is 0.178. The Balaban J connectivity index is 2.03. The van der Waals surface area contributed by atoms with Crippen LogP contribution >= 0.6 is 0 Å². The van der Waals surface area contributed by atoms with Crippen LogP contribution in [-0.2, 0) is 4.74 Å². The number of ether oxygens (including phenoxy) is 1. The maximum absolute atomic E-state index is 12.4. The Kier molecular flexibility index (Phi) is 7.56. The first-order chi connectivity index (χ1) is 13.2. The first kappa shape index (κ1) is 21.9. The van der Waals surface area contributed by atoms with Crippen LogP contribution in [0.25, 0.3) is 0 Å². The number of ketones is 1. The van der Waals surface area contributed by atoms with Gasteiger partial charge in [0.15, 0.2) is 6.61 Å². The number of aryl methyl sites for hydroxylation is 1. The quantitative estimate of drug-likeness (QED) is 0.409. The molecule has 0 fully saturated rings. The number of hydrogen-bond donors (Lipinski definition) is 0. The Morgan fingerprint density at radius 3 is 2.14 bits per heavy atom. The molecule has 2 aromatic carbocycles. The van der Waals surface area contributed by atoms with E-state index in [9.17, 15) is 9.59 Å². The Morgan fingerprint density at radius 1 is 0.929 bits per heavy atom. The van der Waals surface area contributed by atoms with Crippen molar-refractivity contribution in [3.05, 3.63) is 70.3 Å². The third kappa shape index (κ3) is 5.54. The van der Waals surface area contributed by atoms with Gasteiger partial charge in [-0.3, -0.25) is 4.79 Å². The lowest BCUT2D eigenvalue weighted by molar-refractivity contribution is 0.0474. The number of Topliss-reactive ketones (excluding diaryl/α,β-unsaturated/α-hetero) is 1. The van der Waals surface area contributed by atoms with Crippen LogP contribution in [0.15, 0.2) is 42.5 Å². The number of benzene rings is 2. The van der Waals surface area contributed by atoms with Crippen molar-refractivity contribution in [3.8, 4) is 0 Å². The average molecular weight is 381 g/mol. The van der Waals surface area contributed by atoms with Gasteiger partial charge in [0.1, 0.15) is 0 Å². The summed E-state index contributed by atoms with van der Waals surface area (Å²) in [6, 6.07) is 13.2. The number of esters is 1. The fourth-order valence-electron chi connectivity index (χ4n) is 3.51. The third-order valence-electron chi connectivity index (χ3n) is 5.34.